The third-order valence-electron chi connectivity index (χ3n) is 5.02. The molecule has 2 atom stereocenters. The number of rotatable bonds is 2. The molecule has 0 saturated carbocycles. The Morgan fingerprint density at radius 3 is 3.08 bits per heavy atom. The molecule has 1 amide bonds. The van der Waals surface area contributed by atoms with Crippen LogP contribution in [0, 0.1) is 0 Å². The van der Waals surface area contributed by atoms with Crippen molar-refractivity contribution >= 4 is 11.6 Å². The van der Waals surface area contributed by atoms with E-state index in [2.05, 4.69) is 21.8 Å². The van der Waals surface area contributed by atoms with E-state index in [1.807, 2.05) is 30.3 Å². The molecule has 1 saturated heterocycles. The number of aromatic nitrogens is 1. The van der Waals surface area contributed by atoms with Gasteiger partial charge in [-0.2, -0.15) is 0 Å². The van der Waals surface area contributed by atoms with E-state index in [0.29, 0.717) is 6.54 Å². The van der Waals surface area contributed by atoms with Gasteiger partial charge in [-0.15, -0.1) is 0 Å². The number of carbonyl (C=O) groups is 1. The molecule has 2 unspecified atom stereocenters. The molecule has 4 heterocycles. The lowest BCUT2D eigenvalue weighted by atomic mass is 9.99. The Bertz CT molecular complexity index is 865. The minimum absolute atomic E-state index is 0.0334. The summed E-state index contributed by atoms with van der Waals surface area (Å²) in [7, 11) is 0. The van der Waals surface area contributed by atoms with Crippen LogP contribution in [0.25, 0.3) is 5.70 Å². The summed E-state index contributed by atoms with van der Waals surface area (Å²) in [6.45, 7) is 1.41. The highest BCUT2D eigenvalue weighted by Crippen LogP contribution is 2.32. The van der Waals surface area contributed by atoms with E-state index in [0.717, 1.165) is 35.7 Å². The molecule has 25 heavy (non-hydrogen) atoms. The van der Waals surface area contributed by atoms with Crippen LogP contribution in [0.5, 0.6) is 5.75 Å². The molecular weight excluding hydrogens is 316 g/mol. The second kappa shape index (κ2) is 5.60. The number of hydrogen-bond donors (Lipinski definition) is 2. The Morgan fingerprint density at radius 2 is 2.20 bits per heavy atom. The normalized spacial score (nSPS) is 24.2. The summed E-state index contributed by atoms with van der Waals surface area (Å²) < 4.78 is 5.57. The lowest BCUT2D eigenvalue weighted by Crippen LogP contribution is -2.52. The third-order valence-corrected chi connectivity index (χ3v) is 5.02. The number of carbonyl (C=O) groups excluding carboxylic acids is 1. The quantitative estimate of drug-likeness (QED) is 0.869. The monoisotopic (exact) mass is 334 g/mol. The smallest absolute Gasteiger partial charge is 0.264 e. The van der Waals surface area contributed by atoms with Crippen molar-refractivity contribution < 1.29 is 9.53 Å². The van der Waals surface area contributed by atoms with Crippen LogP contribution in [-0.2, 0) is 11.2 Å². The molecule has 3 aliphatic heterocycles. The number of ether oxygens (including phenoxy) is 1. The van der Waals surface area contributed by atoms with Gasteiger partial charge in [0.05, 0.1) is 12.5 Å². The number of benzene rings is 1. The van der Waals surface area contributed by atoms with Crippen LogP contribution >= 0.6 is 0 Å². The van der Waals surface area contributed by atoms with Crippen LogP contribution in [0.4, 0.5) is 0 Å². The molecule has 1 fully saturated rings. The zero-order valence-electron chi connectivity index (χ0n) is 13.6. The van der Waals surface area contributed by atoms with Crippen LogP contribution in [0.1, 0.15) is 22.7 Å². The number of fused-ring (bicyclic) bond motifs is 2. The summed E-state index contributed by atoms with van der Waals surface area (Å²) >= 11 is 0. The molecule has 0 aliphatic carbocycles. The van der Waals surface area contributed by atoms with Crippen molar-refractivity contribution in [2.24, 2.45) is 0 Å². The van der Waals surface area contributed by atoms with Crippen molar-refractivity contribution in [1.82, 2.24) is 20.7 Å². The first-order chi connectivity index (χ1) is 12.3. The van der Waals surface area contributed by atoms with Gasteiger partial charge in [-0.3, -0.25) is 14.8 Å². The fraction of sp³-hybridized carbons (Fsp3) is 0.263. The number of hydrogen-bond acceptors (Lipinski definition) is 5. The van der Waals surface area contributed by atoms with Gasteiger partial charge in [0.15, 0.2) is 0 Å². The van der Waals surface area contributed by atoms with E-state index in [1.54, 1.807) is 17.3 Å². The highest BCUT2D eigenvalue weighted by atomic mass is 16.5. The van der Waals surface area contributed by atoms with Gasteiger partial charge in [-0.1, -0.05) is 6.07 Å². The lowest BCUT2D eigenvalue weighted by Gasteiger charge is -2.33. The summed E-state index contributed by atoms with van der Waals surface area (Å²) in [5.74, 6) is 1.02. The third kappa shape index (κ3) is 2.37. The highest BCUT2D eigenvalue weighted by molar-refractivity contribution is 5.96. The number of hydrazine groups is 1. The lowest BCUT2D eigenvalue weighted by molar-refractivity contribution is -0.130. The van der Waals surface area contributed by atoms with Gasteiger partial charge in [0.2, 0.25) is 0 Å². The average Bonchev–Trinajstić information content (AvgIpc) is 3.28. The topological polar surface area (TPSA) is 66.5 Å². The molecular formula is C19H18N4O2. The van der Waals surface area contributed by atoms with Gasteiger partial charge in [0.25, 0.3) is 5.91 Å². The van der Waals surface area contributed by atoms with Gasteiger partial charge in [-0.05, 0) is 41.5 Å². The molecule has 1 aromatic heterocycles. The zero-order valence-corrected chi connectivity index (χ0v) is 13.6. The first kappa shape index (κ1) is 14.5. The van der Waals surface area contributed by atoms with Crippen LogP contribution in [0.15, 0.2) is 48.7 Å². The molecule has 0 spiro atoms. The SMILES string of the molecule is O=C1C=C(c2ccc3c(c2)CCO3)NC2C(c3ccccn3)CNN12. The van der Waals surface area contributed by atoms with Crippen molar-refractivity contribution in [2.45, 2.75) is 18.5 Å². The summed E-state index contributed by atoms with van der Waals surface area (Å²) in [5.41, 5.74) is 7.23. The molecule has 0 bridgehead atoms. The highest BCUT2D eigenvalue weighted by Gasteiger charge is 2.41. The van der Waals surface area contributed by atoms with Crippen LogP contribution in [0.2, 0.25) is 0 Å². The molecule has 2 aromatic rings. The minimum Gasteiger partial charge on any atom is -0.493 e. The Balaban J connectivity index is 1.47. The van der Waals surface area contributed by atoms with E-state index in [-0.39, 0.29) is 18.0 Å². The maximum Gasteiger partial charge on any atom is 0.264 e. The van der Waals surface area contributed by atoms with E-state index >= 15 is 0 Å². The predicted octanol–water partition coefficient (Wildman–Crippen LogP) is 1.42. The van der Waals surface area contributed by atoms with E-state index < -0.39 is 0 Å². The first-order valence-electron chi connectivity index (χ1n) is 8.51. The van der Waals surface area contributed by atoms with Gasteiger partial charge < -0.3 is 10.1 Å². The maximum absolute atomic E-state index is 12.6. The number of nitrogens with zero attached hydrogens (tertiary/aromatic N) is 2. The molecule has 1 aromatic carbocycles. The van der Waals surface area contributed by atoms with Gasteiger partial charge >= 0.3 is 0 Å². The van der Waals surface area contributed by atoms with Crippen LogP contribution in [0.3, 0.4) is 0 Å². The number of pyridine rings is 1. The molecule has 5 rings (SSSR count). The molecule has 3 aliphatic rings. The summed E-state index contributed by atoms with van der Waals surface area (Å²) in [4.78, 5) is 17.0. The van der Waals surface area contributed by atoms with Crippen molar-refractivity contribution in [3.05, 3.63) is 65.5 Å². The Morgan fingerprint density at radius 1 is 1.24 bits per heavy atom. The summed E-state index contributed by atoms with van der Waals surface area (Å²) in [6, 6.07) is 12.0. The van der Waals surface area contributed by atoms with Crippen molar-refractivity contribution in [1.29, 1.82) is 0 Å². The summed E-state index contributed by atoms with van der Waals surface area (Å²) in [6.07, 6.45) is 4.21. The zero-order chi connectivity index (χ0) is 16.8. The average molecular weight is 334 g/mol. The van der Waals surface area contributed by atoms with Gasteiger partial charge in [0.1, 0.15) is 11.9 Å². The number of amides is 1. The first-order valence-corrected chi connectivity index (χ1v) is 8.51. The largest absolute Gasteiger partial charge is 0.493 e. The Hall–Kier alpha value is -2.86. The van der Waals surface area contributed by atoms with E-state index in [1.165, 1.54) is 5.56 Å². The fourth-order valence-electron chi connectivity index (χ4n) is 3.74. The second-order valence-corrected chi connectivity index (χ2v) is 6.50. The minimum atomic E-state index is -0.146. The van der Waals surface area contributed by atoms with Crippen LogP contribution < -0.4 is 15.5 Å². The molecule has 6 nitrogen and oxygen atoms in total. The van der Waals surface area contributed by atoms with E-state index in [4.69, 9.17) is 4.74 Å². The second-order valence-electron chi connectivity index (χ2n) is 6.50. The Labute approximate surface area is 145 Å². The van der Waals surface area contributed by atoms with Gasteiger partial charge in [0, 0.05) is 36.6 Å². The molecule has 6 heteroatoms. The van der Waals surface area contributed by atoms with E-state index in [9.17, 15) is 4.79 Å². The van der Waals surface area contributed by atoms with Crippen molar-refractivity contribution in [2.75, 3.05) is 13.2 Å². The standard InChI is InChI=1S/C19H18N4O2/c24-18-10-16(12-4-5-17-13(9-12)6-8-25-17)22-19-14(11-21-23(18)19)15-3-1-2-7-20-15/h1-5,7,9-10,14,19,21-22H,6,8,11H2. The predicted molar refractivity (Wildman–Crippen MR) is 92.4 cm³/mol. The number of nitrogens with one attached hydrogen (secondary N) is 2. The fourth-order valence-corrected chi connectivity index (χ4v) is 3.74. The van der Waals surface area contributed by atoms with Crippen molar-refractivity contribution in [3.63, 3.8) is 0 Å². The van der Waals surface area contributed by atoms with Crippen LogP contribution in [-0.4, -0.2) is 35.2 Å². The van der Waals surface area contributed by atoms with Crippen molar-refractivity contribution in [3.8, 4) is 5.75 Å². The Kier molecular flexibility index (Phi) is 3.24. The maximum atomic E-state index is 12.6. The molecule has 0 radical (unpaired) electrons. The van der Waals surface area contributed by atoms with Gasteiger partial charge in [-0.25, -0.2) is 5.43 Å². The molecule has 126 valence electrons. The molecule has 2 N–H and O–H groups in total. The summed E-state index contributed by atoms with van der Waals surface area (Å²) in [5, 5.41) is 5.19.